The molecule has 0 unspecified atom stereocenters. The van der Waals surface area contributed by atoms with Crippen molar-refractivity contribution in [2.45, 2.75) is 33.7 Å². The van der Waals surface area contributed by atoms with Crippen LogP contribution in [0, 0.1) is 12.3 Å². The van der Waals surface area contributed by atoms with Crippen molar-refractivity contribution >= 4 is 0 Å². The van der Waals surface area contributed by atoms with Crippen molar-refractivity contribution in [3.05, 3.63) is 29.3 Å². The lowest BCUT2D eigenvalue weighted by Crippen LogP contribution is -2.27. The van der Waals surface area contributed by atoms with E-state index in [-0.39, 0.29) is 11.5 Å². The number of nitrogens with two attached hydrogens (primary N) is 1. The molecule has 1 atom stereocenters. The molecule has 0 radical (unpaired) electrons. The van der Waals surface area contributed by atoms with Gasteiger partial charge in [-0.2, -0.15) is 0 Å². The lowest BCUT2D eigenvalue weighted by Gasteiger charge is -2.29. The van der Waals surface area contributed by atoms with Gasteiger partial charge in [0.1, 0.15) is 5.75 Å². The maximum Gasteiger partial charge on any atom is 0.122 e. The van der Waals surface area contributed by atoms with Crippen molar-refractivity contribution in [3.63, 3.8) is 0 Å². The van der Waals surface area contributed by atoms with E-state index in [0.717, 1.165) is 11.3 Å². The summed E-state index contributed by atoms with van der Waals surface area (Å²) in [7, 11) is 1.69. The standard InChI is InChI=1S/C13H21NO/c1-9-10(12(14)13(2,3)4)7-6-8-11(9)15-5/h6-8,12H,14H2,1-5H3/t12-/m1/s1. The summed E-state index contributed by atoms with van der Waals surface area (Å²) in [5.74, 6) is 0.909. The third-order valence-corrected chi connectivity index (χ3v) is 2.81. The predicted molar refractivity (Wildman–Crippen MR) is 64.1 cm³/mol. The van der Waals surface area contributed by atoms with Gasteiger partial charge in [-0.25, -0.2) is 0 Å². The number of ether oxygens (including phenoxy) is 1. The van der Waals surface area contributed by atoms with E-state index in [2.05, 4.69) is 33.8 Å². The van der Waals surface area contributed by atoms with Gasteiger partial charge in [0.15, 0.2) is 0 Å². The second kappa shape index (κ2) is 4.23. The molecule has 0 saturated carbocycles. The minimum Gasteiger partial charge on any atom is -0.496 e. The second-order valence-electron chi connectivity index (χ2n) is 5.02. The molecule has 0 heterocycles. The first kappa shape index (κ1) is 12.1. The van der Waals surface area contributed by atoms with Crippen molar-refractivity contribution in [3.8, 4) is 5.75 Å². The van der Waals surface area contributed by atoms with E-state index in [4.69, 9.17) is 10.5 Å². The van der Waals surface area contributed by atoms with Gasteiger partial charge in [-0.1, -0.05) is 32.9 Å². The summed E-state index contributed by atoms with van der Waals surface area (Å²) in [5.41, 5.74) is 8.62. The largest absolute Gasteiger partial charge is 0.496 e. The van der Waals surface area contributed by atoms with Gasteiger partial charge >= 0.3 is 0 Å². The predicted octanol–water partition coefficient (Wildman–Crippen LogP) is 3.05. The van der Waals surface area contributed by atoms with Crippen molar-refractivity contribution < 1.29 is 4.74 Å². The zero-order chi connectivity index (χ0) is 11.6. The van der Waals surface area contributed by atoms with Gasteiger partial charge in [0.2, 0.25) is 0 Å². The van der Waals surface area contributed by atoms with Crippen molar-refractivity contribution in [1.82, 2.24) is 0 Å². The normalized spacial score (nSPS) is 13.7. The summed E-state index contributed by atoms with van der Waals surface area (Å²) in [6, 6.07) is 6.07. The van der Waals surface area contributed by atoms with E-state index in [1.54, 1.807) is 7.11 Å². The topological polar surface area (TPSA) is 35.2 Å². The number of methoxy groups -OCH3 is 1. The maximum atomic E-state index is 6.24. The van der Waals surface area contributed by atoms with Gasteiger partial charge in [0, 0.05) is 6.04 Å². The van der Waals surface area contributed by atoms with Gasteiger partial charge in [-0.15, -0.1) is 0 Å². The molecule has 2 N–H and O–H groups in total. The van der Waals surface area contributed by atoms with E-state index in [1.165, 1.54) is 5.56 Å². The van der Waals surface area contributed by atoms with Crippen LogP contribution in [-0.4, -0.2) is 7.11 Å². The monoisotopic (exact) mass is 207 g/mol. The van der Waals surface area contributed by atoms with Crippen LogP contribution in [0.5, 0.6) is 5.75 Å². The third kappa shape index (κ3) is 2.51. The van der Waals surface area contributed by atoms with E-state index in [9.17, 15) is 0 Å². The highest BCUT2D eigenvalue weighted by Gasteiger charge is 2.24. The fraction of sp³-hybridized carbons (Fsp3) is 0.538. The number of hydrogen-bond acceptors (Lipinski definition) is 2. The van der Waals surface area contributed by atoms with Crippen LogP contribution < -0.4 is 10.5 Å². The molecule has 15 heavy (non-hydrogen) atoms. The Hall–Kier alpha value is -1.02. The highest BCUT2D eigenvalue weighted by molar-refractivity contribution is 5.41. The zero-order valence-corrected chi connectivity index (χ0v) is 10.3. The molecule has 0 aliphatic carbocycles. The molecule has 2 nitrogen and oxygen atoms in total. The number of hydrogen-bond donors (Lipinski definition) is 1. The molecule has 1 rings (SSSR count). The molecule has 1 aromatic carbocycles. The second-order valence-corrected chi connectivity index (χ2v) is 5.02. The Labute approximate surface area is 92.4 Å². The highest BCUT2D eigenvalue weighted by Crippen LogP contribution is 2.34. The lowest BCUT2D eigenvalue weighted by atomic mass is 9.81. The molecular formula is C13H21NO. The van der Waals surface area contributed by atoms with Gasteiger partial charge in [0.25, 0.3) is 0 Å². The number of benzene rings is 1. The zero-order valence-electron chi connectivity index (χ0n) is 10.3. The average Bonchev–Trinajstić information content (AvgIpc) is 2.16. The van der Waals surface area contributed by atoms with Crippen LogP contribution in [0.15, 0.2) is 18.2 Å². The Bertz CT molecular complexity index is 339. The van der Waals surface area contributed by atoms with E-state index >= 15 is 0 Å². The van der Waals surface area contributed by atoms with Gasteiger partial charge in [0.05, 0.1) is 7.11 Å². The van der Waals surface area contributed by atoms with Crippen molar-refractivity contribution in [1.29, 1.82) is 0 Å². The average molecular weight is 207 g/mol. The molecule has 2 heteroatoms. The summed E-state index contributed by atoms with van der Waals surface area (Å²) < 4.78 is 5.29. The Morgan fingerprint density at radius 3 is 2.33 bits per heavy atom. The van der Waals surface area contributed by atoms with Crippen LogP contribution in [0.1, 0.15) is 37.9 Å². The maximum absolute atomic E-state index is 6.24. The molecule has 0 aromatic heterocycles. The molecule has 0 aliphatic rings. The SMILES string of the molecule is COc1cccc([C@@H](N)C(C)(C)C)c1C. The Morgan fingerprint density at radius 2 is 1.87 bits per heavy atom. The summed E-state index contributed by atoms with van der Waals surface area (Å²) >= 11 is 0. The van der Waals surface area contributed by atoms with Gasteiger partial charge in [-0.05, 0) is 29.5 Å². The molecule has 0 fully saturated rings. The smallest absolute Gasteiger partial charge is 0.122 e. The van der Waals surface area contributed by atoms with Crippen LogP contribution in [0.4, 0.5) is 0 Å². The van der Waals surface area contributed by atoms with E-state index < -0.39 is 0 Å². The van der Waals surface area contributed by atoms with E-state index in [0.29, 0.717) is 0 Å². The quantitative estimate of drug-likeness (QED) is 0.809. The van der Waals surface area contributed by atoms with Crippen LogP contribution in [0.3, 0.4) is 0 Å². The highest BCUT2D eigenvalue weighted by atomic mass is 16.5. The Kier molecular flexibility index (Phi) is 3.40. The summed E-state index contributed by atoms with van der Waals surface area (Å²) in [6.45, 7) is 8.50. The van der Waals surface area contributed by atoms with Crippen LogP contribution in [0.2, 0.25) is 0 Å². The van der Waals surface area contributed by atoms with Crippen molar-refractivity contribution in [2.24, 2.45) is 11.1 Å². The molecule has 1 aromatic rings. The van der Waals surface area contributed by atoms with Gasteiger partial charge in [-0.3, -0.25) is 0 Å². The molecule has 0 aliphatic heterocycles. The van der Waals surface area contributed by atoms with Crippen LogP contribution >= 0.6 is 0 Å². The minimum absolute atomic E-state index is 0.0348. The molecular weight excluding hydrogens is 186 g/mol. The Balaban J connectivity index is 3.15. The van der Waals surface area contributed by atoms with Crippen molar-refractivity contribution in [2.75, 3.05) is 7.11 Å². The first-order chi connectivity index (χ1) is 6.88. The van der Waals surface area contributed by atoms with Crippen LogP contribution in [-0.2, 0) is 0 Å². The fourth-order valence-corrected chi connectivity index (χ4v) is 1.66. The first-order valence-electron chi connectivity index (χ1n) is 5.27. The molecule has 84 valence electrons. The summed E-state index contributed by atoms with van der Waals surface area (Å²) in [4.78, 5) is 0. The lowest BCUT2D eigenvalue weighted by molar-refractivity contribution is 0.324. The molecule has 0 spiro atoms. The van der Waals surface area contributed by atoms with Gasteiger partial charge < -0.3 is 10.5 Å². The Morgan fingerprint density at radius 1 is 1.27 bits per heavy atom. The van der Waals surface area contributed by atoms with Crippen LogP contribution in [0.25, 0.3) is 0 Å². The minimum atomic E-state index is 0.0348. The molecule has 0 saturated heterocycles. The molecule has 0 amide bonds. The first-order valence-corrected chi connectivity index (χ1v) is 5.27. The van der Waals surface area contributed by atoms with E-state index in [1.807, 2.05) is 12.1 Å². The third-order valence-electron chi connectivity index (χ3n) is 2.81. The summed E-state index contributed by atoms with van der Waals surface area (Å²) in [6.07, 6.45) is 0. The molecule has 0 bridgehead atoms. The number of rotatable bonds is 2. The fourth-order valence-electron chi connectivity index (χ4n) is 1.66. The summed E-state index contributed by atoms with van der Waals surface area (Å²) in [5, 5.41) is 0.